The maximum Gasteiger partial charge on any atom is 0.227 e. The van der Waals surface area contributed by atoms with Crippen LogP contribution in [0.2, 0.25) is 0 Å². The molecule has 1 saturated heterocycles. The summed E-state index contributed by atoms with van der Waals surface area (Å²) in [5.74, 6) is 2.28. The summed E-state index contributed by atoms with van der Waals surface area (Å²) in [6.45, 7) is 10.4. The number of rotatable bonds is 8. The molecule has 4 rings (SSSR count). The Kier molecular flexibility index (Phi) is 7.33. The van der Waals surface area contributed by atoms with Gasteiger partial charge in [0.15, 0.2) is 0 Å². The van der Waals surface area contributed by atoms with Crippen LogP contribution in [0.15, 0.2) is 48.5 Å². The fourth-order valence-electron chi connectivity index (χ4n) is 4.95. The number of methoxy groups -OCH3 is 1. The predicted molar refractivity (Wildman–Crippen MR) is 132 cm³/mol. The van der Waals surface area contributed by atoms with E-state index < -0.39 is 0 Å². The molecule has 33 heavy (non-hydrogen) atoms. The molecular formula is C27H36N4O2. The number of carbonyl (C=O) groups is 1. The molecule has 0 saturated carbocycles. The van der Waals surface area contributed by atoms with Gasteiger partial charge in [-0.15, -0.1) is 0 Å². The molecule has 0 bridgehead atoms. The van der Waals surface area contributed by atoms with E-state index in [9.17, 15) is 4.79 Å². The van der Waals surface area contributed by atoms with E-state index in [1.807, 2.05) is 23.1 Å². The van der Waals surface area contributed by atoms with Crippen LogP contribution in [0.4, 0.5) is 0 Å². The number of piperidine rings is 1. The third-order valence-electron chi connectivity index (χ3n) is 6.70. The lowest BCUT2D eigenvalue weighted by atomic mass is 9.96. The van der Waals surface area contributed by atoms with Crippen LogP contribution in [-0.4, -0.2) is 58.0 Å². The molecule has 0 N–H and O–H groups in total. The minimum absolute atomic E-state index is 0.0699. The van der Waals surface area contributed by atoms with Gasteiger partial charge in [0.1, 0.15) is 11.6 Å². The molecule has 2 heterocycles. The van der Waals surface area contributed by atoms with Gasteiger partial charge in [0.2, 0.25) is 5.91 Å². The van der Waals surface area contributed by atoms with Gasteiger partial charge in [0.25, 0.3) is 0 Å². The molecule has 1 aromatic heterocycles. The van der Waals surface area contributed by atoms with Crippen LogP contribution < -0.4 is 4.74 Å². The first-order chi connectivity index (χ1) is 16.0. The molecule has 1 atom stereocenters. The van der Waals surface area contributed by atoms with E-state index in [2.05, 4.69) is 60.6 Å². The second-order valence-electron chi connectivity index (χ2n) is 9.24. The summed E-state index contributed by atoms with van der Waals surface area (Å²) in [6, 6.07) is 16.8. The summed E-state index contributed by atoms with van der Waals surface area (Å²) in [5.41, 5.74) is 3.37. The number of imidazole rings is 1. The second-order valence-corrected chi connectivity index (χ2v) is 9.24. The van der Waals surface area contributed by atoms with Crippen molar-refractivity contribution in [3.8, 4) is 5.75 Å². The van der Waals surface area contributed by atoms with E-state index in [1.165, 1.54) is 5.56 Å². The number of hydrogen-bond donors (Lipinski definition) is 0. The molecule has 6 heteroatoms. The third-order valence-corrected chi connectivity index (χ3v) is 6.70. The van der Waals surface area contributed by atoms with Crippen molar-refractivity contribution in [2.75, 3.05) is 26.7 Å². The minimum atomic E-state index is 0.0699. The SMILES string of the molecule is CCN(C(=O)[C@H]1CCCN(Cc2nc3ccccc3n2Cc2ccc(OC)cc2)C1)C(C)C. The monoisotopic (exact) mass is 448 g/mol. The van der Waals surface area contributed by atoms with Gasteiger partial charge in [0.05, 0.1) is 30.6 Å². The van der Waals surface area contributed by atoms with Crippen LogP contribution in [-0.2, 0) is 17.9 Å². The average Bonchev–Trinajstić information content (AvgIpc) is 3.16. The first-order valence-electron chi connectivity index (χ1n) is 12.1. The highest BCUT2D eigenvalue weighted by molar-refractivity contribution is 5.79. The van der Waals surface area contributed by atoms with Crippen LogP contribution in [0.5, 0.6) is 5.75 Å². The number of amides is 1. The Morgan fingerprint density at radius 2 is 1.91 bits per heavy atom. The summed E-state index contributed by atoms with van der Waals surface area (Å²) >= 11 is 0. The second kappa shape index (κ2) is 10.4. The van der Waals surface area contributed by atoms with E-state index in [-0.39, 0.29) is 12.0 Å². The van der Waals surface area contributed by atoms with Crippen LogP contribution in [0, 0.1) is 5.92 Å². The highest BCUT2D eigenvalue weighted by atomic mass is 16.5. The summed E-state index contributed by atoms with van der Waals surface area (Å²) in [6.07, 6.45) is 2.02. The van der Waals surface area contributed by atoms with Crippen LogP contribution in [0.3, 0.4) is 0 Å². The molecule has 0 radical (unpaired) electrons. The zero-order chi connectivity index (χ0) is 23.4. The quantitative estimate of drug-likeness (QED) is 0.507. The zero-order valence-corrected chi connectivity index (χ0v) is 20.3. The molecule has 0 aliphatic carbocycles. The standard InChI is InChI=1S/C27H36N4O2/c1-5-30(20(2)3)27(32)22-9-8-16-29(18-22)19-26-28-24-10-6-7-11-25(24)31(26)17-21-12-14-23(33-4)15-13-21/h6-7,10-15,20,22H,5,8-9,16-19H2,1-4H3/t22-/m0/s1. The van der Waals surface area contributed by atoms with Crippen LogP contribution in [0.25, 0.3) is 11.0 Å². The number of carbonyl (C=O) groups excluding carboxylic acids is 1. The van der Waals surface area contributed by atoms with Gasteiger partial charge in [-0.05, 0) is 70.0 Å². The van der Waals surface area contributed by atoms with Crippen molar-refractivity contribution in [2.24, 2.45) is 5.92 Å². The van der Waals surface area contributed by atoms with E-state index in [0.29, 0.717) is 5.91 Å². The molecule has 0 unspecified atom stereocenters. The number of benzene rings is 2. The van der Waals surface area contributed by atoms with Crippen molar-refractivity contribution in [1.29, 1.82) is 0 Å². The fourth-order valence-corrected chi connectivity index (χ4v) is 4.95. The Morgan fingerprint density at radius 3 is 2.61 bits per heavy atom. The zero-order valence-electron chi connectivity index (χ0n) is 20.3. The highest BCUT2D eigenvalue weighted by Gasteiger charge is 2.30. The summed E-state index contributed by atoms with van der Waals surface area (Å²) in [5, 5.41) is 0. The Hall–Kier alpha value is -2.86. The summed E-state index contributed by atoms with van der Waals surface area (Å²) in [4.78, 5) is 22.5. The lowest BCUT2D eigenvalue weighted by Crippen LogP contribution is -2.47. The average molecular weight is 449 g/mol. The predicted octanol–water partition coefficient (Wildman–Crippen LogP) is 4.56. The molecule has 1 amide bonds. The van der Waals surface area contributed by atoms with Crippen molar-refractivity contribution in [3.05, 3.63) is 59.9 Å². The number of ether oxygens (including phenoxy) is 1. The Morgan fingerprint density at radius 1 is 1.15 bits per heavy atom. The number of aromatic nitrogens is 2. The summed E-state index contributed by atoms with van der Waals surface area (Å²) < 4.78 is 7.63. The minimum Gasteiger partial charge on any atom is -0.497 e. The van der Waals surface area contributed by atoms with Gasteiger partial charge in [0, 0.05) is 25.7 Å². The first kappa shape index (κ1) is 23.3. The lowest BCUT2D eigenvalue weighted by molar-refractivity contribution is -0.139. The largest absolute Gasteiger partial charge is 0.497 e. The number of hydrogen-bond acceptors (Lipinski definition) is 4. The van der Waals surface area contributed by atoms with Gasteiger partial charge in [-0.25, -0.2) is 4.98 Å². The van der Waals surface area contributed by atoms with Gasteiger partial charge in [-0.1, -0.05) is 24.3 Å². The fraction of sp³-hybridized carbons (Fsp3) is 0.481. The Balaban J connectivity index is 1.55. The molecule has 2 aromatic carbocycles. The highest BCUT2D eigenvalue weighted by Crippen LogP contribution is 2.24. The van der Waals surface area contributed by atoms with E-state index in [0.717, 1.165) is 68.2 Å². The van der Waals surface area contributed by atoms with Crippen LogP contribution in [0.1, 0.15) is 45.0 Å². The van der Waals surface area contributed by atoms with E-state index in [4.69, 9.17) is 9.72 Å². The normalized spacial score (nSPS) is 16.9. The van der Waals surface area contributed by atoms with Gasteiger partial charge >= 0.3 is 0 Å². The topological polar surface area (TPSA) is 50.6 Å². The maximum absolute atomic E-state index is 13.1. The van der Waals surface area contributed by atoms with Crippen molar-refractivity contribution in [3.63, 3.8) is 0 Å². The molecule has 176 valence electrons. The molecular weight excluding hydrogens is 412 g/mol. The van der Waals surface area contributed by atoms with Crippen LogP contribution >= 0.6 is 0 Å². The number of nitrogens with zero attached hydrogens (tertiary/aromatic N) is 4. The van der Waals surface area contributed by atoms with Crippen molar-refractivity contribution >= 4 is 16.9 Å². The first-order valence-corrected chi connectivity index (χ1v) is 12.1. The van der Waals surface area contributed by atoms with Crippen molar-refractivity contribution < 1.29 is 9.53 Å². The Bertz CT molecular complexity index is 1070. The molecule has 1 fully saturated rings. The third kappa shape index (κ3) is 5.22. The molecule has 1 aliphatic heterocycles. The number of likely N-dealkylation sites (tertiary alicyclic amines) is 1. The Labute approximate surface area is 197 Å². The number of para-hydroxylation sites is 2. The lowest BCUT2D eigenvalue weighted by Gasteiger charge is -2.36. The molecule has 0 spiro atoms. The van der Waals surface area contributed by atoms with Gasteiger partial charge in [-0.3, -0.25) is 9.69 Å². The number of fused-ring (bicyclic) bond motifs is 1. The van der Waals surface area contributed by atoms with E-state index >= 15 is 0 Å². The van der Waals surface area contributed by atoms with Crippen molar-refractivity contribution in [2.45, 2.75) is 52.7 Å². The van der Waals surface area contributed by atoms with E-state index in [1.54, 1.807) is 7.11 Å². The van der Waals surface area contributed by atoms with Gasteiger partial charge < -0.3 is 14.2 Å². The van der Waals surface area contributed by atoms with Crippen molar-refractivity contribution in [1.82, 2.24) is 19.4 Å². The smallest absolute Gasteiger partial charge is 0.227 e. The molecule has 6 nitrogen and oxygen atoms in total. The molecule has 3 aromatic rings. The molecule has 1 aliphatic rings. The maximum atomic E-state index is 13.1. The summed E-state index contributed by atoms with van der Waals surface area (Å²) in [7, 11) is 1.69. The van der Waals surface area contributed by atoms with Gasteiger partial charge in [-0.2, -0.15) is 0 Å².